The van der Waals surface area contributed by atoms with Crippen molar-refractivity contribution in [2.75, 3.05) is 19.8 Å². The van der Waals surface area contributed by atoms with E-state index < -0.39 is 6.10 Å². The third kappa shape index (κ3) is 33.0. The van der Waals surface area contributed by atoms with Crippen LogP contribution in [0.5, 0.6) is 0 Å². The Morgan fingerprint density at radius 1 is 0.585 bits per heavy atom. The van der Waals surface area contributed by atoms with E-state index in [1.807, 2.05) is 0 Å². The summed E-state index contributed by atoms with van der Waals surface area (Å²) in [5, 5.41) is 9.44. The van der Waals surface area contributed by atoms with Gasteiger partial charge in [-0.15, -0.1) is 0 Å². The summed E-state index contributed by atoms with van der Waals surface area (Å²) in [4.78, 5) is 11.9. The van der Waals surface area contributed by atoms with Crippen LogP contribution in [-0.4, -0.2) is 37.0 Å². The molecule has 1 unspecified atom stereocenters. The summed E-state index contributed by atoms with van der Waals surface area (Å²) in [5.41, 5.74) is 0. The Bertz CT molecular complexity index is 610. The second-order valence-electron chi connectivity index (χ2n) is 11.6. The summed E-state index contributed by atoms with van der Waals surface area (Å²) < 4.78 is 11.0. The molecule has 0 radical (unpaired) electrons. The zero-order valence-corrected chi connectivity index (χ0v) is 27.3. The lowest BCUT2D eigenvalue weighted by atomic mass is 10.1. The predicted molar refractivity (Wildman–Crippen MR) is 177 cm³/mol. The van der Waals surface area contributed by atoms with Crippen LogP contribution in [-0.2, 0) is 14.3 Å². The number of allylic oxidation sites excluding steroid dienone is 6. The Morgan fingerprint density at radius 2 is 1.02 bits per heavy atom. The van der Waals surface area contributed by atoms with Gasteiger partial charge in [-0.3, -0.25) is 4.79 Å². The first-order valence-corrected chi connectivity index (χ1v) is 17.6. The lowest BCUT2D eigenvalue weighted by molar-refractivity contribution is -0.154. The first-order chi connectivity index (χ1) is 20.2. The molecule has 1 atom stereocenters. The lowest BCUT2D eigenvalue weighted by Crippen LogP contribution is -2.27. The molecular weight excluding hydrogens is 508 g/mol. The fourth-order valence-electron chi connectivity index (χ4n) is 4.80. The number of aliphatic hydroxyl groups is 1. The Labute approximate surface area is 255 Å². The van der Waals surface area contributed by atoms with Crippen LogP contribution >= 0.6 is 0 Å². The summed E-state index contributed by atoms with van der Waals surface area (Å²) >= 11 is 0. The summed E-state index contributed by atoms with van der Waals surface area (Å²) in [7, 11) is 0. The first kappa shape index (κ1) is 39.6. The van der Waals surface area contributed by atoms with Crippen molar-refractivity contribution in [2.45, 2.75) is 174 Å². The third-order valence-electron chi connectivity index (χ3n) is 7.47. The number of hydrogen-bond acceptors (Lipinski definition) is 4. The van der Waals surface area contributed by atoms with E-state index in [9.17, 15) is 9.90 Å². The molecule has 0 aromatic carbocycles. The number of aliphatic hydroxyl groups excluding tert-OH is 1. The van der Waals surface area contributed by atoms with Crippen LogP contribution in [0.1, 0.15) is 168 Å². The van der Waals surface area contributed by atoms with E-state index in [0.717, 1.165) is 32.1 Å². The Balaban J connectivity index is 3.39. The van der Waals surface area contributed by atoms with Gasteiger partial charge in [-0.1, -0.05) is 147 Å². The average Bonchev–Trinajstić information content (AvgIpc) is 2.98. The van der Waals surface area contributed by atoms with Gasteiger partial charge in [0.2, 0.25) is 0 Å². The molecular formula is C37H68O4. The highest BCUT2D eigenvalue weighted by Gasteiger charge is 2.13. The van der Waals surface area contributed by atoms with E-state index in [1.54, 1.807) is 0 Å². The van der Waals surface area contributed by atoms with Crippen LogP contribution < -0.4 is 0 Å². The topological polar surface area (TPSA) is 55.8 Å². The van der Waals surface area contributed by atoms with Crippen LogP contribution in [0.3, 0.4) is 0 Å². The molecule has 4 heteroatoms. The van der Waals surface area contributed by atoms with E-state index >= 15 is 0 Å². The first-order valence-electron chi connectivity index (χ1n) is 17.6. The Kier molecular flexibility index (Phi) is 33.6. The van der Waals surface area contributed by atoms with Gasteiger partial charge < -0.3 is 14.6 Å². The standard InChI is InChI=1S/C37H68O4/c1-3-5-7-9-10-11-12-13-14-15-16-17-18-19-20-21-22-23-24-25-26-27-29-31-33-40-35-36(34-38)41-37(39)32-30-28-8-6-4-2/h12-13,15-16,18-19,36,38H,3-11,14,17,20-35H2,1-2H3/b13-12-,16-15-,19-18-. The zero-order valence-electron chi connectivity index (χ0n) is 27.3. The molecule has 0 aromatic heterocycles. The lowest BCUT2D eigenvalue weighted by Gasteiger charge is -2.15. The second-order valence-corrected chi connectivity index (χ2v) is 11.6. The minimum Gasteiger partial charge on any atom is -0.457 e. The molecule has 0 aliphatic carbocycles. The van der Waals surface area contributed by atoms with Gasteiger partial charge in [0.05, 0.1) is 13.2 Å². The van der Waals surface area contributed by atoms with Crippen molar-refractivity contribution in [2.24, 2.45) is 0 Å². The molecule has 0 aliphatic rings. The Hall–Kier alpha value is -1.39. The average molecular weight is 577 g/mol. The molecule has 0 saturated carbocycles. The highest BCUT2D eigenvalue weighted by atomic mass is 16.6. The van der Waals surface area contributed by atoms with Gasteiger partial charge in [0, 0.05) is 13.0 Å². The molecule has 240 valence electrons. The quantitative estimate of drug-likeness (QED) is 0.0491. The molecule has 0 spiro atoms. The van der Waals surface area contributed by atoms with Crippen molar-refractivity contribution in [3.05, 3.63) is 36.5 Å². The maximum Gasteiger partial charge on any atom is 0.306 e. The summed E-state index contributed by atoms with van der Waals surface area (Å²) in [6.45, 7) is 5.24. The number of ether oxygens (including phenoxy) is 2. The molecule has 1 N–H and O–H groups in total. The number of unbranched alkanes of at least 4 members (excludes halogenated alkanes) is 18. The van der Waals surface area contributed by atoms with Gasteiger partial charge >= 0.3 is 5.97 Å². The van der Waals surface area contributed by atoms with E-state index in [0.29, 0.717) is 19.6 Å². The van der Waals surface area contributed by atoms with Crippen LogP contribution in [0.25, 0.3) is 0 Å². The van der Waals surface area contributed by atoms with Gasteiger partial charge in [0.15, 0.2) is 0 Å². The molecule has 0 rings (SSSR count). The van der Waals surface area contributed by atoms with Crippen molar-refractivity contribution in [1.82, 2.24) is 0 Å². The molecule has 0 aromatic rings. The fraction of sp³-hybridized carbons (Fsp3) is 0.811. The maximum absolute atomic E-state index is 11.9. The fourth-order valence-corrected chi connectivity index (χ4v) is 4.80. The number of carbonyl (C=O) groups is 1. The van der Waals surface area contributed by atoms with Crippen molar-refractivity contribution in [3.8, 4) is 0 Å². The normalized spacial score (nSPS) is 12.8. The minimum absolute atomic E-state index is 0.174. The van der Waals surface area contributed by atoms with Gasteiger partial charge in [-0.2, -0.15) is 0 Å². The van der Waals surface area contributed by atoms with Crippen molar-refractivity contribution >= 4 is 5.97 Å². The van der Waals surface area contributed by atoms with Gasteiger partial charge in [0.25, 0.3) is 0 Å². The van der Waals surface area contributed by atoms with Gasteiger partial charge in [0.1, 0.15) is 6.10 Å². The predicted octanol–water partition coefficient (Wildman–Crippen LogP) is 11.0. The van der Waals surface area contributed by atoms with Crippen molar-refractivity contribution in [3.63, 3.8) is 0 Å². The van der Waals surface area contributed by atoms with Gasteiger partial charge in [-0.05, 0) is 51.4 Å². The highest BCUT2D eigenvalue weighted by Crippen LogP contribution is 2.12. The number of esters is 1. The van der Waals surface area contributed by atoms with Crippen molar-refractivity contribution in [1.29, 1.82) is 0 Å². The number of rotatable bonds is 32. The number of carbonyl (C=O) groups excluding carboxylic acids is 1. The van der Waals surface area contributed by atoms with E-state index in [2.05, 4.69) is 50.3 Å². The van der Waals surface area contributed by atoms with E-state index in [-0.39, 0.29) is 12.6 Å². The summed E-state index contributed by atoms with van der Waals surface area (Å²) in [6, 6.07) is 0. The molecule has 0 amide bonds. The summed E-state index contributed by atoms with van der Waals surface area (Å²) in [6.07, 6.45) is 42.1. The van der Waals surface area contributed by atoms with Crippen LogP contribution in [0.4, 0.5) is 0 Å². The van der Waals surface area contributed by atoms with Crippen LogP contribution in [0, 0.1) is 0 Å². The molecule has 0 fully saturated rings. The molecule has 4 nitrogen and oxygen atoms in total. The molecule has 0 aliphatic heterocycles. The maximum atomic E-state index is 11.9. The van der Waals surface area contributed by atoms with Crippen molar-refractivity contribution < 1.29 is 19.4 Å². The summed E-state index contributed by atoms with van der Waals surface area (Å²) in [5.74, 6) is -0.217. The third-order valence-corrected chi connectivity index (χ3v) is 7.47. The number of hydrogen-bond donors (Lipinski definition) is 1. The SMILES string of the molecule is CCCCCCC/C=C\C/C=C\C/C=C\CCCCCCCCCCCOCC(CO)OC(=O)CCCCCCC. The van der Waals surface area contributed by atoms with E-state index in [4.69, 9.17) is 9.47 Å². The van der Waals surface area contributed by atoms with Crippen LogP contribution in [0.2, 0.25) is 0 Å². The molecule has 41 heavy (non-hydrogen) atoms. The molecule has 0 saturated heterocycles. The molecule has 0 bridgehead atoms. The minimum atomic E-state index is -0.530. The molecule has 0 heterocycles. The smallest absolute Gasteiger partial charge is 0.306 e. The largest absolute Gasteiger partial charge is 0.457 e. The highest BCUT2D eigenvalue weighted by molar-refractivity contribution is 5.69. The zero-order chi connectivity index (χ0) is 29.9. The van der Waals surface area contributed by atoms with Crippen LogP contribution in [0.15, 0.2) is 36.5 Å². The monoisotopic (exact) mass is 577 g/mol. The second kappa shape index (κ2) is 34.8. The Morgan fingerprint density at radius 3 is 1.54 bits per heavy atom. The van der Waals surface area contributed by atoms with Gasteiger partial charge in [-0.25, -0.2) is 0 Å². The van der Waals surface area contributed by atoms with E-state index in [1.165, 1.54) is 116 Å².